The summed E-state index contributed by atoms with van der Waals surface area (Å²) in [6, 6.07) is 7.09. The summed E-state index contributed by atoms with van der Waals surface area (Å²) in [5.74, 6) is 1.35. The molecule has 1 aromatic carbocycles. The zero-order valence-corrected chi connectivity index (χ0v) is 13.6. The van der Waals surface area contributed by atoms with Gasteiger partial charge < -0.3 is 4.52 Å². The Morgan fingerprint density at radius 2 is 1.86 bits per heavy atom. The molecule has 8 heteroatoms. The molecule has 1 atom stereocenters. The van der Waals surface area contributed by atoms with Gasteiger partial charge in [0.1, 0.15) is 0 Å². The summed E-state index contributed by atoms with van der Waals surface area (Å²) in [5, 5.41) is 4.63. The molecule has 0 N–H and O–H groups in total. The van der Waals surface area contributed by atoms with Crippen molar-refractivity contribution in [3.8, 4) is 11.4 Å². The number of hydrogen-bond acceptors (Lipinski definition) is 6. The SMILES string of the molecule is C[C@@H](c1nc(-c2ccc(Cl)cc2)no1)N1CCS(=O)(=O)CC1. The third-order valence-corrected chi connectivity index (χ3v) is 5.69. The van der Waals surface area contributed by atoms with Crippen molar-refractivity contribution in [1.29, 1.82) is 0 Å². The fraction of sp³-hybridized carbons (Fsp3) is 0.429. The zero-order valence-electron chi connectivity index (χ0n) is 12.1. The molecule has 0 aliphatic carbocycles. The largest absolute Gasteiger partial charge is 0.337 e. The van der Waals surface area contributed by atoms with E-state index in [1.807, 2.05) is 24.0 Å². The first-order valence-electron chi connectivity index (χ1n) is 6.99. The number of rotatable bonds is 3. The van der Waals surface area contributed by atoms with Gasteiger partial charge in [-0.05, 0) is 31.2 Å². The van der Waals surface area contributed by atoms with E-state index in [1.165, 1.54) is 0 Å². The number of hydrogen-bond donors (Lipinski definition) is 0. The van der Waals surface area contributed by atoms with E-state index in [9.17, 15) is 8.42 Å². The summed E-state index contributed by atoms with van der Waals surface area (Å²) >= 11 is 5.86. The van der Waals surface area contributed by atoms with Crippen LogP contribution in [0.4, 0.5) is 0 Å². The summed E-state index contributed by atoms with van der Waals surface area (Å²) in [5.41, 5.74) is 0.827. The average molecular weight is 342 g/mol. The minimum Gasteiger partial charge on any atom is -0.337 e. The van der Waals surface area contributed by atoms with E-state index in [0.29, 0.717) is 29.8 Å². The molecule has 1 aromatic heterocycles. The third kappa shape index (κ3) is 3.31. The van der Waals surface area contributed by atoms with Crippen molar-refractivity contribution < 1.29 is 12.9 Å². The highest BCUT2D eigenvalue weighted by molar-refractivity contribution is 7.91. The Balaban J connectivity index is 1.74. The Bertz CT molecular complexity index is 744. The Morgan fingerprint density at radius 3 is 2.50 bits per heavy atom. The molecule has 2 aromatic rings. The van der Waals surface area contributed by atoms with Crippen molar-refractivity contribution >= 4 is 21.4 Å². The highest BCUT2D eigenvalue weighted by Gasteiger charge is 2.28. The summed E-state index contributed by atoms with van der Waals surface area (Å²) < 4.78 is 28.3. The third-order valence-electron chi connectivity index (χ3n) is 3.83. The molecule has 0 radical (unpaired) electrons. The number of halogens is 1. The fourth-order valence-corrected chi connectivity index (χ4v) is 3.75. The van der Waals surface area contributed by atoms with E-state index in [4.69, 9.17) is 16.1 Å². The lowest BCUT2D eigenvalue weighted by Crippen LogP contribution is -2.41. The maximum atomic E-state index is 11.5. The minimum atomic E-state index is -2.89. The molecule has 2 heterocycles. The summed E-state index contributed by atoms with van der Waals surface area (Å²) in [6.45, 7) is 2.92. The molecule has 1 aliphatic heterocycles. The monoisotopic (exact) mass is 341 g/mol. The standard InChI is InChI=1S/C14H16ClN3O3S/c1-10(18-6-8-22(19,20)9-7-18)14-16-13(17-21-14)11-2-4-12(15)5-3-11/h2-5,10H,6-9H2,1H3/t10-/m0/s1. The van der Waals surface area contributed by atoms with Crippen LogP contribution in [0.2, 0.25) is 5.02 Å². The van der Waals surface area contributed by atoms with Crippen LogP contribution < -0.4 is 0 Å². The van der Waals surface area contributed by atoms with Gasteiger partial charge in [0.2, 0.25) is 11.7 Å². The van der Waals surface area contributed by atoms with Gasteiger partial charge >= 0.3 is 0 Å². The number of sulfone groups is 1. The van der Waals surface area contributed by atoms with Crippen LogP contribution in [0, 0.1) is 0 Å². The smallest absolute Gasteiger partial charge is 0.244 e. The Morgan fingerprint density at radius 1 is 1.23 bits per heavy atom. The van der Waals surface area contributed by atoms with Gasteiger partial charge in [-0.3, -0.25) is 4.90 Å². The fourth-order valence-electron chi connectivity index (χ4n) is 2.39. The molecule has 3 rings (SSSR count). The first kappa shape index (κ1) is 15.5. The van der Waals surface area contributed by atoms with Gasteiger partial charge in [-0.15, -0.1) is 0 Å². The van der Waals surface area contributed by atoms with Crippen LogP contribution in [0.1, 0.15) is 18.9 Å². The van der Waals surface area contributed by atoms with E-state index in [-0.39, 0.29) is 17.5 Å². The van der Waals surface area contributed by atoms with Gasteiger partial charge in [0.05, 0.1) is 17.5 Å². The molecule has 22 heavy (non-hydrogen) atoms. The van der Waals surface area contributed by atoms with Gasteiger partial charge in [-0.25, -0.2) is 8.42 Å². The first-order chi connectivity index (χ1) is 10.4. The lowest BCUT2D eigenvalue weighted by atomic mass is 10.2. The predicted molar refractivity (Wildman–Crippen MR) is 83.4 cm³/mol. The maximum absolute atomic E-state index is 11.5. The van der Waals surface area contributed by atoms with Crippen molar-refractivity contribution in [2.24, 2.45) is 0 Å². The van der Waals surface area contributed by atoms with Gasteiger partial charge in [0, 0.05) is 23.7 Å². The lowest BCUT2D eigenvalue weighted by Gasteiger charge is -2.29. The molecule has 118 valence electrons. The zero-order chi connectivity index (χ0) is 15.7. The molecular formula is C14H16ClN3O3S. The first-order valence-corrected chi connectivity index (χ1v) is 9.18. The summed E-state index contributed by atoms with van der Waals surface area (Å²) in [4.78, 5) is 6.45. The molecule has 1 fully saturated rings. The molecule has 0 unspecified atom stereocenters. The molecule has 0 bridgehead atoms. The van der Waals surface area contributed by atoms with E-state index < -0.39 is 9.84 Å². The van der Waals surface area contributed by atoms with E-state index in [0.717, 1.165) is 5.56 Å². The van der Waals surface area contributed by atoms with Crippen LogP contribution in [0.5, 0.6) is 0 Å². The van der Waals surface area contributed by atoms with Crippen molar-refractivity contribution in [1.82, 2.24) is 15.0 Å². The average Bonchev–Trinajstić information content (AvgIpc) is 2.97. The van der Waals surface area contributed by atoms with Gasteiger partial charge in [0.15, 0.2) is 9.84 Å². The Kier molecular flexibility index (Phi) is 4.20. The van der Waals surface area contributed by atoms with Crippen LogP contribution in [-0.4, -0.2) is 48.1 Å². The molecule has 1 saturated heterocycles. The van der Waals surface area contributed by atoms with Crippen LogP contribution in [0.25, 0.3) is 11.4 Å². The second-order valence-corrected chi connectivity index (χ2v) is 8.07. The molecule has 6 nitrogen and oxygen atoms in total. The molecule has 0 spiro atoms. The van der Waals surface area contributed by atoms with Crippen molar-refractivity contribution in [2.75, 3.05) is 24.6 Å². The summed E-state index contributed by atoms with van der Waals surface area (Å²) in [7, 11) is -2.89. The highest BCUT2D eigenvalue weighted by atomic mass is 35.5. The molecular weight excluding hydrogens is 326 g/mol. The quantitative estimate of drug-likeness (QED) is 0.851. The van der Waals surface area contributed by atoms with Crippen molar-refractivity contribution in [3.63, 3.8) is 0 Å². The van der Waals surface area contributed by atoms with E-state index in [1.54, 1.807) is 12.1 Å². The highest BCUT2D eigenvalue weighted by Crippen LogP contribution is 2.24. The van der Waals surface area contributed by atoms with Crippen molar-refractivity contribution in [3.05, 3.63) is 35.2 Å². The topological polar surface area (TPSA) is 76.3 Å². The lowest BCUT2D eigenvalue weighted by molar-refractivity contribution is 0.186. The molecule has 1 aliphatic rings. The van der Waals surface area contributed by atoms with Crippen LogP contribution in [-0.2, 0) is 9.84 Å². The van der Waals surface area contributed by atoms with Crippen LogP contribution in [0.3, 0.4) is 0 Å². The molecule has 0 saturated carbocycles. The Labute approximate surface area is 134 Å². The Hall–Kier alpha value is -1.44. The number of nitrogens with zero attached hydrogens (tertiary/aromatic N) is 3. The van der Waals surface area contributed by atoms with Gasteiger partial charge in [-0.1, -0.05) is 16.8 Å². The minimum absolute atomic E-state index is 0.107. The predicted octanol–water partition coefficient (Wildman–Crippen LogP) is 2.18. The number of aromatic nitrogens is 2. The van der Waals surface area contributed by atoms with E-state index in [2.05, 4.69) is 10.1 Å². The molecule has 0 amide bonds. The van der Waals surface area contributed by atoms with Crippen molar-refractivity contribution in [2.45, 2.75) is 13.0 Å². The van der Waals surface area contributed by atoms with Gasteiger partial charge in [-0.2, -0.15) is 4.98 Å². The second-order valence-electron chi connectivity index (χ2n) is 5.33. The van der Waals surface area contributed by atoms with E-state index >= 15 is 0 Å². The van der Waals surface area contributed by atoms with Gasteiger partial charge in [0.25, 0.3) is 0 Å². The maximum Gasteiger partial charge on any atom is 0.244 e. The van der Waals surface area contributed by atoms with Crippen LogP contribution in [0.15, 0.2) is 28.8 Å². The number of benzene rings is 1. The summed E-state index contributed by atoms with van der Waals surface area (Å²) in [6.07, 6.45) is 0. The normalized spacial score (nSPS) is 19.9. The van der Waals surface area contributed by atoms with Crippen LogP contribution >= 0.6 is 11.6 Å². The second kappa shape index (κ2) is 5.98.